The Balaban J connectivity index is 1.55. The van der Waals surface area contributed by atoms with E-state index >= 15 is 0 Å². The number of hydrogen-bond acceptors (Lipinski definition) is 13. The zero-order valence-corrected chi connectivity index (χ0v) is 22.0. The van der Waals surface area contributed by atoms with E-state index in [4.69, 9.17) is 15.3 Å². The first-order chi connectivity index (χ1) is 20.2. The number of aliphatic hydroxyl groups is 4. The summed E-state index contributed by atoms with van der Waals surface area (Å²) in [5.74, 6) is 6.11. The molecule has 7 N–H and O–H groups in total. The van der Waals surface area contributed by atoms with Crippen LogP contribution in [0.1, 0.15) is 17.5 Å². The number of anilines is 1. The van der Waals surface area contributed by atoms with Crippen LogP contribution in [-0.2, 0) is 4.74 Å². The molecular weight excluding hydrogens is 554 g/mol. The van der Waals surface area contributed by atoms with Crippen LogP contribution < -0.4 is 32.8 Å². The first kappa shape index (κ1) is 28.7. The van der Waals surface area contributed by atoms with Gasteiger partial charge in [0.25, 0.3) is 17.1 Å². The van der Waals surface area contributed by atoms with Gasteiger partial charge in [-0.05, 0) is 35.9 Å². The number of ether oxygens (including phenoxy) is 2. The van der Waals surface area contributed by atoms with Crippen molar-refractivity contribution in [2.75, 3.05) is 25.0 Å². The highest BCUT2D eigenvalue weighted by Gasteiger charge is 2.45. The highest BCUT2D eigenvalue weighted by molar-refractivity contribution is 5.78. The summed E-state index contributed by atoms with van der Waals surface area (Å²) < 4.78 is 12.6. The monoisotopic (exact) mass is 581 g/mol. The fraction of sp³-hybridized carbons (Fsp3) is 0.269. The molecule has 16 heteroatoms. The van der Waals surface area contributed by atoms with Crippen LogP contribution in [0.5, 0.6) is 5.75 Å². The number of methoxy groups -OCH3 is 1. The van der Waals surface area contributed by atoms with Crippen LogP contribution in [-0.4, -0.2) is 82.7 Å². The van der Waals surface area contributed by atoms with E-state index in [0.717, 1.165) is 10.1 Å². The third-order valence-electron chi connectivity index (χ3n) is 6.80. The Bertz CT molecular complexity index is 1810. The number of nitrogens with one attached hydrogen (secondary N) is 1. The van der Waals surface area contributed by atoms with Gasteiger partial charge in [0.05, 0.1) is 24.6 Å². The van der Waals surface area contributed by atoms with Gasteiger partial charge < -0.3 is 35.7 Å². The molecular formula is C26H27N7O9. The lowest BCUT2D eigenvalue weighted by Crippen LogP contribution is -2.59. The second-order valence-electron chi connectivity index (χ2n) is 9.33. The number of aliphatic hydroxyl groups excluding tert-OH is 4. The molecule has 1 aliphatic rings. The summed E-state index contributed by atoms with van der Waals surface area (Å²) in [6.45, 7) is -0.736. The van der Waals surface area contributed by atoms with Crippen molar-refractivity contribution in [1.82, 2.24) is 24.1 Å². The number of benzene rings is 2. The Morgan fingerprint density at radius 3 is 2.38 bits per heavy atom. The summed E-state index contributed by atoms with van der Waals surface area (Å²) in [6, 6.07) is 12.8. The topological polar surface area (TPSA) is 229 Å². The first-order valence-electron chi connectivity index (χ1n) is 12.6. The van der Waals surface area contributed by atoms with Gasteiger partial charge in [-0.15, -0.1) is 10.2 Å². The van der Waals surface area contributed by atoms with Gasteiger partial charge in [0.15, 0.2) is 11.9 Å². The van der Waals surface area contributed by atoms with E-state index in [1.807, 2.05) is 0 Å². The van der Waals surface area contributed by atoms with Gasteiger partial charge in [0.1, 0.15) is 30.2 Å². The fourth-order valence-electron chi connectivity index (χ4n) is 4.51. The molecule has 42 heavy (non-hydrogen) atoms. The quantitative estimate of drug-likeness (QED) is 0.128. The maximum atomic E-state index is 13.7. The summed E-state index contributed by atoms with van der Waals surface area (Å²) in [6.07, 6.45) is -5.28. The van der Waals surface area contributed by atoms with Gasteiger partial charge >= 0.3 is 5.69 Å². The van der Waals surface area contributed by atoms with E-state index in [1.54, 1.807) is 30.3 Å². The Labute approximate surface area is 235 Å². The molecule has 0 radical (unpaired) electrons. The van der Waals surface area contributed by atoms with Crippen molar-refractivity contribution in [2.45, 2.75) is 30.6 Å². The van der Waals surface area contributed by atoms with Crippen LogP contribution >= 0.6 is 0 Å². The van der Waals surface area contributed by atoms with Gasteiger partial charge in [-0.1, -0.05) is 30.3 Å². The second-order valence-corrected chi connectivity index (χ2v) is 9.33. The molecule has 1 aliphatic heterocycles. The minimum atomic E-state index is -1.83. The number of aromatic nitrogens is 5. The molecule has 3 heterocycles. The molecule has 0 unspecified atom stereocenters. The lowest BCUT2D eigenvalue weighted by Gasteiger charge is -2.40. The molecule has 2 aromatic heterocycles. The van der Waals surface area contributed by atoms with E-state index in [1.165, 1.54) is 37.5 Å². The van der Waals surface area contributed by atoms with Crippen LogP contribution in [0, 0.1) is 0 Å². The molecule has 0 saturated carbocycles. The van der Waals surface area contributed by atoms with Gasteiger partial charge in [-0.25, -0.2) is 4.79 Å². The van der Waals surface area contributed by atoms with Crippen molar-refractivity contribution in [3.05, 3.63) is 91.0 Å². The largest absolute Gasteiger partial charge is 0.497 e. The van der Waals surface area contributed by atoms with Crippen LogP contribution in [0.25, 0.3) is 23.1 Å². The average molecular weight is 582 g/mol. The zero-order chi connectivity index (χ0) is 30.1. The first-order valence-corrected chi connectivity index (χ1v) is 12.6. The minimum Gasteiger partial charge on any atom is -0.497 e. The maximum absolute atomic E-state index is 13.7. The third-order valence-corrected chi connectivity index (χ3v) is 6.80. The van der Waals surface area contributed by atoms with Crippen molar-refractivity contribution < 1.29 is 29.9 Å². The Morgan fingerprint density at radius 2 is 1.69 bits per heavy atom. The summed E-state index contributed by atoms with van der Waals surface area (Å²) in [5, 5.41) is 48.5. The Kier molecular flexibility index (Phi) is 7.88. The molecule has 16 nitrogen and oxygen atoms in total. The molecule has 0 aliphatic carbocycles. The molecule has 5 rings (SSSR count). The molecule has 2 aromatic carbocycles. The van der Waals surface area contributed by atoms with Gasteiger partial charge in [0, 0.05) is 0 Å². The lowest BCUT2D eigenvalue weighted by atomic mass is 9.98. The van der Waals surface area contributed by atoms with Crippen molar-refractivity contribution in [1.29, 1.82) is 0 Å². The maximum Gasteiger partial charge on any atom is 0.353 e. The number of nitrogens with zero attached hydrogens (tertiary/aromatic N) is 5. The number of para-hydroxylation sites is 1. The van der Waals surface area contributed by atoms with Crippen molar-refractivity contribution in [2.24, 2.45) is 0 Å². The van der Waals surface area contributed by atoms with Crippen LogP contribution in [0.4, 0.5) is 5.95 Å². The highest BCUT2D eigenvalue weighted by atomic mass is 16.6. The molecule has 0 bridgehead atoms. The second kappa shape index (κ2) is 11.6. The molecule has 1 fully saturated rings. The molecule has 5 atom stereocenters. The smallest absolute Gasteiger partial charge is 0.353 e. The fourth-order valence-corrected chi connectivity index (χ4v) is 4.51. The van der Waals surface area contributed by atoms with Crippen LogP contribution in [0.2, 0.25) is 0 Å². The molecule has 4 aromatic rings. The van der Waals surface area contributed by atoms with Crippen molar-refractivity contribution >= 4 is 29.0 Å². The number of hydrogen-bond donors (Lipinski definition) is 6. The number of nitrogens with two attached hydrogens (primary N) is 1. The number of fused-ring (bicyclic) bond motifs is 1. The standard InChI is InChI=1S/C26H27N7O9/c1-41-14-9-6-13(7-10-14)8-11-16-23(39)32(27)25(29-28-16)30-33-22(38)15-4-2-3-5-17(15)31(26(33)40)24-21(37)20(36)19(35)18(12-34)42-24/h2-11,18-21,24,34-37H,12,27H2,1H3,(H,29,30)/b11-8+/t18-,19-,20+,21-,24-/m1/s1. The van der Waals surface area contributed by atoms with E-state index in [0.29, 0.717) is 15.1 Å². The molecule has 1 saturated heterocycles. The third kappa shape index (κ3) is 5.04. The number of nitrogen functional groups attached to an aromatic ring is 1. The summed E-state index contributed by atoms with van der Waals surface area (Å²) >= 11 is 0. The zero-order valence-electron chi connectivity index (χ0n) is 22.0. The molecule has 0 spiro atoms. The Morgan fingerprint density at radius 1 is 0.976 bits per heavy atom. The predicted molar refractivity (Wildman–Crippen MR) is 149 cm³/mol. The Hall–Kier alpha value is -4.87. The lowest BCUT2D eigenvalue weighted by molar-refractivity contribution is -0.251. The average Bonchev–Trinajstić information content (AvgIpc) is 3.01. The van der Waals surface area contributed by atoms with Gasteiger partial charge in [0.2, 0.25) is 0 Å². The predicted octanol–water partition coefficient (Wildman–Crippen LogP) is -2.14. The van der Waals surface area contributed by atoms with Crippen molar-refractivity contribution in [3.8, 4) is 5.75 Å². The van der Waals surface area contributed by atoms with Gasteiger partial charge in [-0.2, -0.15) is 9.35 Å². The van der Waals surface area contributed by atoms with E-state index in [9.17, 15) is 34.8 Å². The van der Waals surface area contributed by atoms with Crippen LogP contribution in [0.3, 0.4) is 0 Å². The minimum absolute atomic E-state index is 0.0186. The van der Waals surface area contributed by atoms with E-state index < -0.39 is 60.0 Å². The van der Waals surface area contributed by atoms with Crippen LogP contribution in [0.15, 0.2) is 62.9 Å². The van der Waals surface area contributed by atoms with E-state index in [-0.39, 0.29) is 16.6 Å². The summed E-state index contributed by atoms with van der Waals surface area (Å²) in [5.41, 5.74) is 0.230. The number of rotatable bonds is 7. The van der Waals surface area contributed by atoms with Crippen molar-refractivity contribution in [3.63, 3.8) is 0 Å². The normalized spacial score (nSPS) is 22.5. The highest BCUT2D eigenvalue weighted by Crippen LogP contribution is 2.29. The SMILES string of the molecule is COc1ccc(/C=C/c2nnc(Nn3c(=O)c4ccccc4n([C@@H]4O[C@H](CO)[C@@H](O)[C@H](O)[C@H]4O)c3=O)n(N)c2=O)cc1. The summed E-state index contributed by atoms with van der Waals surface area (Å²) in [4.78, 5) is 39.9. The van der Waals surface area contributed by atoms with Gasteiger partial charge in [-0.3, -0.25) is 19.6 Å². The molecule has 0 amide bonds. The molecule has 220 valence electrons. The van der Waals surface area contributed by atoms with E-state index in [2.05, 4.69) is 15.6 Å². The summed E-state index contributed by atoms with van der Waals surface area (Å²) in [7, 11) is 1.54.